The Morgan fingerprint density at radius 2 is 2.50 bits per heavy atom. The molecule has 0 saturated carbocycles. The van der Waals surface area contributed by atoms with Crippen molar-refractivity contribution in [2.24, 2.45) is 0 Å². The number of hydrogen-bond acceptors (Lipinski definition) is 2. The number of ether oxygens (including phenoxy) is 1. The Morgan fingerprint density at radius 1 is 1.70 bits per heavy atom. The summed E-state index contributed by atoms with van der Waals surface area (Å²) in [7, 11) is 0. The summed E-state index contributed by atoms with van der Waals surface area (Å²) in [6.07, 6.45) is 0.269. The predicted molar refractivity (Wildman–Crippen MR) is 44.4 cm³/mol. The van der Waals surface area contributed by atoms with Crippen molar-refractivity contribution in [1.29, 1.82) is 0 Å². The van der Waals surface area contributed by atoms with Gasteiger partial charge in [-0.1, -0.05) is 6.07 Å². The van der Waals surface area contributed by atoms with Gasteiger partial charge in [0, 0.05) is 11.5 Å². The van der Waals surface area contributed by atoms with Crippen molar-refractivity contribution in [3.05, 3.63) is 22.4 Å². The minimum absolute atomic E-state index is 0.269. The van der Waals surface area contributed by atoms with Crippen molar-refractivity contribution in [3.63, 3.8) is 0 Å². The molecule has 1 heterocycles. The molecular weight excluding hydrogens is 144 g/mol. The van der Waals surface area contributed by atoms with E-state index in [1.807, 2.05) is 6.92 Å². The maximum Gasteiger partial charge on any atom is 0.0888 e. The molecule has 2 heteroatoms. The molecule has 0 aliphatic carbocycles. The van der Waals surface area contributed by atoms with E-state index in [-0.39, 0.29) is 6.10 Å². The van der Waals surface area contributed by atoms with E-state index in [0.717, 1.165) is 6.61 Å². The summed E-state index contributed by atoms with van der Waals surface area (Å²) in [5, 5.41) is 2.07. The van der Waals surface area contributed by atoms with Crippen LogP contribution in [0.3, 0.4) is 0 Å². The molecule has 0 spiro atoms. The number of rotatable bonds is 3. The molecule has 0 aliphatic heterocycles. The first kappa shape index (κ1) is 7.76. The summed E-state index contributed by atoms with van der Waals surface area (Å²) in [6.45, 7) is 4.89. The second-order valence-corrected chi connectivity index (χ2v) is 3.09. The third kappa shape index (κ3) is 1.82. The average molecular weight is 156 g/mol. The van der Waals surface area contributed by atoms with Crippen LogP contribution in [0.4, 0.5) is 0 Å². The highest BCUT2D eigenvalue weighted by molar-refractivity contribution is 7.10. The van der Waals surface area contributed by atoms with Crippen molar-refractivity contribution in [1.82, 2.24) is 0 Å². The van der Waals surface area contributed by atoms with E-state index in [0.29, 0.717) is 0 Å². The smallest absolute Gasteiger partial charge is 0.0888 e. The van der Waals surface area contributed by atoms with Crippen molar-refractivity contribution in [3.8, 4) is 0 Å². The molecule has 0 aromatic carbocycles. The van der Waals surface area contributed by atoms with E-state index in [1.54, 1.807) is 11.3 Å². The molecule has 10 heavy (non-hydrogen) atoms. The molecule has 1 aromatic rings. The lowest BCUT2D eigenvalue weighted by molar-refractivity contribution is 0.0789. The largest absolute Gasteiger partial charge is 0.373 e. The Bertz CT molecular complexity index is 169. The molecule has 1 nitrogen and oxygen atoms in total. The van der Waals surface area contributed by atoms with Gasteiger partial charge in [-0.3, -0.25) is 0 Å². The molecule has 0 radical (unpaired) electrons. The molecule has 0 saturated heterocycles. The van der Waals surface area contributed by atoms with Gasteiger partial charge in [-0.05, 0) is 25.3 Å². The van der Waals surface area contributed by atoms with Crippen LogP contribution in [-0.4, -0.2) is 6.61 Å². The molecule has 0 N–H and O–H groups in total. The van der Waals surface area contributed by atoms with Crippen molar-refractivity contribution in [2.45, 2.75) is 20.0 Å². The fourth-order valence-electron chi connectivity index (χ4n) is 0.855. The van der Waals surface area contributed by atoms with Crippen LogP contribution < -0.4 is 0 Å². The summed E-state index contributed by atoms with van der Waals surface area (Å²) >= 11 is 1.75. The summed E-state index contributed by atoms with van der Waals surface area (Å²) < 4.78 is 5.40. The highest BCUT2D eigenvalue weighted by Gasteiger charge is 2.03. The van der Waals surface area contributed by atoms with Gasteiger partial charge >= 0.3 is 0 Å². The first-order valence-electron chi connectivity index (χ1n) is 3.49. The molecule has 0 bridgehead atoms. The predicted octanol–water partition coefficient (Wildman–Crippen LogP) is 2.85. The third-order valence-corrected chi connectivity index (χ3v) is 2.39. The van der Waals surface area contributed by atoms with E-state index >= 15 is 0 Å². The van der Waals surface area contributed by atoms with Crippen molar-refractivity contribution in [2.75, 3.05) is 6.61 Å². The van der Waals surface area contributed by atoms with E-state index < -0.39 is 0 Å². The van der Waals surface area contributed by atoms with Gasteiger partial charge in [-0.2, -0.15) is 0 Å². The van der Waals surface area contributed by atoms with Crippen LogP contribution in [0.15, 0.2) is 17.5 Å². The van der Waals surface area contributed by atoms with Gasteiger partial charge in [0.25, 0.3) is 0 Å². The fraction of sp³-hybridized carbons (Fsp3) is 0.500. The zero-order chi connectivity index (χ0) is 7.40. The lowest BCUT2D eigenvalue weighted by Gasteiger charge is -2.07. The first-order chi connectivity index (χ1) is 4.84. The molecule has 0 unspecified atom stereocenters. The highest BCUT2D eigenvalue weighted by atomic mass is 32.1. The minimum atomic E-state index is 0.269. The third-order valence-electron chi connectivity index (χ3n) is 1.36. The highest BCUT2D eigenvalue weighted by Crippen LogP contribution is 2.20. The molecule has 1 aromatic heterocycles. The fourth-order valence-corrected chi connectivity index (χ4v) is 1.59. The lowest BCUT2D eigenvalue weighted by atomic mass is 10.3. The molecule has 56 valence electrons. The van der Waals surface area contributed by atoms with E-state index in [2.05, 4.69) is 24.4 Å². The molecular formula is C8H12OS. The van der Waals surface area contributed by atoms with Crippen molar-refractivity contribution < 1.29 is 4.74 Å². The van der Waals surface area contributed by atoms with E-state index in [1.165, 1.54) is 4.88 Å². The second-order valence-electron chi connectivity index (χ2n) is 2.11. The average Bonchev–Trinajstić information content (AvgIpc) is 2.38. The Labute approximate surface area is 65.6 Å². The summed E-state index contributed by atoms with van der Waals surface area (Å²) in [5.41, 5.74) is 0. The maximum absolute atomic E-state index is 5.40. The van der Waals surface area contributed by atoms with Gasteiger partial charge in [-0.25, -0.2) is 0 Å². The molecule has 0 fully saturated rings. The van der Waals surface area contributed by atoms with Crippen molar-refractivity contribution >= 4 is 11.3 Å². The number of thiophene rings is 1. The van der Waals surface area contributed by atoms with Crippen LogP contribution in [-0.2, 0) is 4.74 Å². The van der Waals surface area contributed by atoms with Gasteiger partial charge in [-0.15, -0.1) is 11.3 Å². The summed E-state index contributed by atoms with van der Waals surface area (Å²) in [5.74, 6) is 0. The van der Waals surface area contributed by atoms with Crippen LogP contribution >= 0.6 is 11.3 Å². The SMILES string of the molecule is CCO[C@H](C)c1cccs1. The van der Waals surface area contributed by atoms with E-state index in [4.69, 9.17) is 4.74 Å². The molecule has 1 atom stereocenters. The normalized spacial score (nSPS) is 13.4. The van der Waals surface area contributed by atoms with Gasteiger partial charge < -0.3 is 4.74 Å². The van der Waals surface area contributed by atoms with Gasteiger partial charge in [0.05, 0.1) is 6.10 Å². The first-order valence-corrected chi connectivity index (χ1v) is 4.37. The van der Waals surface area contributed by atoms with Gasteiger partial charge in [0.2, 0.25) is 0 Å². The van der Waals surface area contributed by atoms with Crippen LogP contribution in [0.25, 0.3) is 0 Å². The molecule has 0 aliphatic rings. The number of hydrogen-bond donors (Lipinski definition) is 0. The standard InChI is InChI=1S/C8H12OS/c1-3-9-7(2)8-5-4-6-10-8/h4-7H,3H2,1-2H3/t7-/m1/s1. The van der Waals surface area contributed by atoms with Crippen LogP contribution in [0.2, 0.25) is 0 Å². The quantitative estimate of drug-likeness (QED) is 0.654. The van der Waals surface area contributed by atoms with E-state index in [9.17, 15) is 0 Å². The Morgan fingerprint density at radius 3 is 3.00 bits per heavy atom. The lowest BCUT2D eigenvalue weighted by Crippen LogP contribution is -1.95. The van der Waals surface area contributed by atoms with Crippen LogP contribution in [0, 0.1) is 0 Å². The Balaban J connectivity index is 2.50. The molecule has 1 rings (SSSR count). The second kappa shape index (κ2) is 3.74. The van der Waals surface area contributed by atoms with Crippen LogP contribution in [0.5, 0.6) is 0 Å². The zero-order valence-electron chi connectivity index (χ0n) is 6.33. The van der Waals surface area contributed by atoms with Crippen LogP contribution in [0.1, 0.15) is 24.8 Å². The zero-order valence-corrected chi connectivity index (χ0v) is 7.15. The summed E-state index contributed by atoms with van der Waals surface area (Å²) in [6, 6.07) is 4.15. The Hall–Kier alpha value is -0.340. The summed E-state index contributed by atoms with van der Waals surface area (Å²) in [4.78, 5) is 1.31. The Kier molecular flexibility index (Phi) is 2.90. The molecule has 0 amide bonds. The maximum atomic E-state index is 5.40. The minimum Gasteiger partial charge on any atom is -0.373 e. The van der Waals surface area contributed by atoms with Gasteiger partial charge in [0.1, 0.15) is 0 Å². The monoisotopic (exact) mass is 156 g/mol. The van der Waals surface area contributed by atoms with Gasteiger partial charge in [0.15, 0.2) is 0 Å². The topological polar surface area (TPSA) is 9.23 Å².